The molecule has 7 nitrogen and oxygen atoms in total. The van der Waals surface area contributed by atoms with E-state index in [9.17, 15) is 14.9 Å². The molecule has 0 radical (unpaired) electrons. The summed E-state index contributed by atoms with van der Waals surface area (Å²) in [6, 6.07) is 8.93. The average Bonchev–Trinajstić information content (AvgIpc) is 2.45. The number of non-ortho nitro benzene ring substituents is 1. The molecule has 1 aromatic carbocycles. The first-order valence-corrected chi connectivity index (χ1v) is 6.04. The molecule has 1 atom stereocenters. The third-order valence-electron chi connectivity index (χ3n) is 2.96. The zero-order chi connectivity index (χ0) is 15.4. The molecule has 2 rings (SSSR count). The lowest BCUT2D eigenvalue weighted by atomic mass is 10.00. The van der Waals surface area contributed by atoms with Crippen molar-refractivity contribution in [3.63, 3.8) is 0 Å². The number of nitro groups is 1. The number of aromatic nitrogens is 1. The molecule has 7 heteroatoms. The van der Waals surface area contributed by atoms with Crippen LogP contribution >= 0.6 is 0 Å². The van der Waals surface area contributed by atoms with Gasteiger partial charge in [0.15, 0.2) is 6.10 Å². The first kappa shape index (κ1) is 14.4. The van der Waals surface area contributed by atoms with Gasteiger partial charge < -0.3 is 9.84 Å². The number of ether oxygens (including phenoxy) is 1. The quantitative estimate of drug-likeness (QED) is 0.527. The molecule has 0 saturated heterocycles. The largest absolute Gasteiger partial charge is 0.506 e. The summed E-state index contributed by atoms with van der Waals surface area (Å²) in [5.74, 6) is 0. The normalized spacial score (nSPS) is 11.7. The standard InChI is InChI=1S/C14H12N2O5/c1-9-12(3-2-8-15-9)13(21-14(17)18)10-4-6-11(7-5-10)16(19)20/h2-8,13H,1H3,(H,17,18). The fourth-order valence-electron chi connectivity index (χ4n) is 1.96. The zero-order valence-electron chi connectivity index (χ0n) is 11.1. The first-order valence-electron chi connectivity index (χ1n) is 6.04. The summed E-state index contributed by atoms with van der Waals surface area (Å²) in [6.07, 6.45) is -0.717. The number of nitro benzene ring substituents is 1. The summed E-state index contributed by atoms with van der Waals surface area (Å²) in [4.78, 5) is 25.1. The molecular formula is C14H12N2O5. The van der Waals surface area contributed by atoms with E-state index in [-0.39, 0.29) is 5.69 Å². The lowest BCUT2D eigenvalue weighted by Gasteiger charge is -2.18. The molecule has 0 spiro atoms. The van der Waals surface area contributed by atoms with E-state index in [1.54, 1.807) is 25.3 Å². The molecule has 1 unspecified atom stereocenters. The Morgan fingerprint density at radius 1 is 1.33 bits per heavy atom. The molecule has 0 amide bonds. The van der Waals surface area contributed by atoms with E-state index in [0.717, 1.165) is 0 Å². The van der Waals surface area contributed by atoms with Crippen LogP contribution in [0, 0.1) is 17.0 Å². The van der Waals surface area contributed by atoms with E-state index in [1.807, 2.05) is 0 Å². The predicted molar refractivity (Wildman–Crippen MR) is 73.0 cm³/mol. The van der Waals surface area contributed by atoms with Gasteiger partial charge in [-0.3, -0.25) is 15.1 Å². The summed E-state index contributed by atoms with van der Waals surface area (Å²) < 4.78 is 4.91. The van der Waals surface area contributed by atoms with Gasteiger partial charge in [0.05, 0.1) is 4.92 Å². The SMILES string of the molecule is Cc1ncccc1C(OC(=O)O)c1ccc([N+](=O)[O-])cc1. The van der Waals surface area contributed by atoms with Gasteiger partial charge in [-0.15, -0.1) is 0 Å². The highest BCUT2D eigenvalue weighted by molar-refractivity contribution is 5.58. The van der Waals surface area contributed by atoms with Crippen molar-refractivity contribution in [2.45, 2.75) is 13.0 Å². The van der Waals surface area contributed by atoms with Crippen LogP contribution in [0.1, 0.15) is 22.9 Å². The van der Waals surface area contributed by atoms with Crippen molar-refractivity contribution < 1.29 is 19.6 Å². The number of rotatable bonds is 4. The van der Waals surface area contributed by atoms with Crippen LogP contribution in [0.15, 0.2) is 42.6 Å². The van der Waals surface area contributed by atoms with Gasteiger partial charge in [-0.1, -0.05) is 6.07 Å². The molecule has 0 aliphatic heterocycles. The number of pyridine rings is 1. The molecule has 1 N–H and O–H groups in total. The van der Waals surface area contributed by atoms with E-state index in [2.05, 4.69) is 4.98 Å². The van der Waals surface area contributed by atoms with E-state index < -0.39 is 17.2 Å². The van der Waals surface area contributed by atoms with Gasteiger partial charge in [-0.05, 0) is 30.7 Å². The number of hydrogen-bond donors (Lipinski definition) is 1. The minimum Gasteiger partial charge on any atom is -0.450 e. The molecule has 2 aromatic rings. The van der Waals surface area contributed by atoms with Crippen molar-refractivity contribution in [1.82, 2.24) is 4.98 Å². The van der Waals surface area contributed by atoms with Crippen molar-refractivity contribution in [1.29, 1.82) is 0 Å². The predicted octanol–water partition coefficient (Wildman–Crippen LogP) is 3.08. The smallest absolute Gasteiger partial charge is 0.450 e. The molecule has 0 aliphatic carbocycles. The monoisotopic (exact) mass is 288 g/mol. The van der Waals surface area contributed by atoms with E-state index >= 15 is 0 Å². The van der Waals surface area contributed by atoms with Gasteiger partial charge >= 0.3 is 6.16 Å². The molecule has 21 heavy (non-hydrogen) atoms. The van der Waals surface area contributed by atoms with Crippen LogP contribution in [0.25, 0.3) is 0 Å². The highest BCUT2D eigenvalue weighted by Gasteiger charge is 2.21. The molecule has 0 saturated carbocycles. The van der Waals surface area contributed by atoms with Crippen molar-refractivity contribution in [3.8, 4) is 0 Å². The van der Waals surface area contributed by atoms with Crippen LogP contribution in [-0.2, 0) is 4.74 Å². The van der Waals surface area contributed by atoms with Gasteiger partial charge in [-0.2, -0.15) is 0 Å². The van der Waals surface area contributed by atoms with Crippen molar-refractivity contribution in [3.05, 3.63) is 69.5 Å². The Morgan fingerprint density at radius 3 is 2.52 bits per heavy atom. The lowest BCUT2D eigenvalue weighted by molar-refractivity contribution is -0.384. The second-order valence-corrected chi connectivity index (χ2v) is 4.29. The second-order valence-electron chi connectivity index (χ2n) is 4.29. The number of carbonyl (C=O) groups is 1. The Morgan fingerprint density at radius 2 is 2.00 bits per heavy atom. The molecule has 0 bridgehead atoms. The summed E-state index contributed by atoms with van der Waals surface area (Å²) in [7, 11) is 0. The van der Waals surface area contributed by atoms with Crippen LogP contribution in [0.3, 0.4) is 0 Å². The highest BCUT2D eigenvalue weighted by Crippen LogP contribution is 2.29. The topological polar surface area (TPSA) is 103 Å². The minimum absolute atomic E-state index is 0.0734. The average molecular weight is 288 g/mol. The van der Waals surface area contributed by atoms with E-state index in [0.29, 0.717) is 16.8 Å². The number of aryl methyl sites for hydroxylation is 1. The van der Waals surface area contributed by atoms with Gasteiger partial charge in [0.1, 0.15) is 0 Å². The summed E-state index contributed by atoms with van der Waals surface area (Å²) in [5.41, 5.74) is 1.64. The molecule has 108 valence electrons. The fraction of sp³-hybridized carbons (Fsp3) is 0.143. The number of nitrogens with zero attached hydrogens (tertiary/aromatic N) is 2. The van der Waals surface area contributed by atoms with E-state index in [1.165, 1.54) is 24.3 Å². The van der Waals surface area contributed by atoms with Crippen molar-refractivity contribution in [2.75, 3.05) is 0 Å². The maximum atomic E-state index is 10.9. The van der Waals surface area contributed by atoms with Crippen LogP contribution in [0.2, 0.25) is 0 Å². The Kier molecular flexibility index (Phi) is 4.13. The van der Waals surface area contributed by atoms with Crippen LogP contribution in [0.4, 0.5) is 10.5 Å². The Labute approximate surface area is 120 Å². The lowest BCUT2D eigenvalue weighted by Crippen LogP contribution is -2.12. The molecule has 1 aromatic heterocycles. The van der Waals surface area contributed by atoms with Crippen LogP contribution < -0.4 is 0 Å². The van der Waals surface area contributed by atoms with Gasteiger partial charge in [0.25, 0.3) is 5.69 Å². The molecule has 1 heterocycles. The van der Waals surface area contributed by atoms with Crippen LogP contribution in [0.5, 0.6) is 0 Å². The maximum Gasteiger partial charge on any atom is 0.506 e. The third kappa shape index (κ3) is 3.33. The Bertz CT molecular complexity index is 669. The minimum atomic E-state index is -1.43. The van der Waals surface area contributed by atoms with Crippen molar-refractivity contribution in [2.24, 2.45) is 0 Å². The van der Waals surface area contributed by atoms with Crippen molar-refractivity contribution >= 4 is 11.8 Å². The summed E-state index contributed by atoms with van der Waals surface area (Å²) in [6.45, 7) is 1.74. The summed E-state index contributed by atoms with van der Waals surface area (Å²) in [5, 5.41) is 19.5. The molecule has 0 fully saturated rings. The zero-order valence-corrected chi connectivity index (χ0v) is 11.1. The van der Waals surface area contributed by atoms with Gasteiger partial charge in [-0.25, -0.2) is 4.79 Å². The first-order chi connectivity index (χ1) is 9.99. The molecule has 0 aliphatic rings. The fourth-order valence-corrected chi connectivity index (χ4v) is 1.96. The number of hydrogen-bond acceptors (Lipinski definition) is 5. The van der Waals surface area contributed by atoms with E-state index in [4.69, 9.17) is 9.84 Å². The third-order valence-corrected chi connectivity index (χ3v) is 2.96. The number of benzene rings is 1. The Hall–Kier alpha value is -2.96. The molecular weight excluding hydrogens is 276 g/mol. The van der Waals surface area contributed by atoms with Gasteiger partial charge in [0, 0.05) is 29.6 Å². The number of carboxylic acid groups (broad SMARTS) is 1. The van der Waals surface area contributed by atoms with Crippen LogP contribution in [-0.4, -0.2) is 21.2 Å². The summed E-state index contributed by atoms with van der Waals surface area (Å²) >= 11 is 0. The Balaban J connectivity index is 2.43. The maximum absolute atomic E-state index is 10.9. The van der Waals surface area contributed by atoms with Gasteiger partial charge in [0.2, 0.25) is 0 Å². The second kappa shape index (κ2) is 6.00. The highest BCUT2D eigenvalue weighted by atomic mass is 16.7.